The van der Waals surface area contributed by atoms with E-state index in [-0.39, 0.29) is 11.7 Å². The van der Waals surface area contributed by atoms with Gasteiger partial charge in [0.1, 0.15) is 0 Å². The highest BCUT2D eigenvalue weighted by molar-refractivity contribution is 5.88. The number of aromatic carboxylic acids is 1. The number of hydrogen-bond donors (Lipinski definition) is 2. The monoisotopic (exact) mass is 329 g/mol. The third-order valence-corrected chi connectivity index (χ3v) is 3.55. The largest absolute Gasteiger partial charge is 0.493 e. The summed E-state index contributed by atoms with van der Waals surface area (Å²) in [4.78, 5) is 11.0. The predicted molar refractivity (Wildman–Crippen MR) is 94.2 cm³/mol. The second-order valence-corrected chi connectivity index (χ2v) is 5.84. The van der Waals surface area contributed by atoms with Gasteiger partial charge in [-0.1, -0.05) is 6.07 Å². The Bertz CT molecular complexity index is 725. The van der Waals surface area contributed by atoms with E-state index in [0.29, 0.717) is 12.3 Å². The number of nitrogens with one attached hydrogen (secondary N) is 1. The van der Waals surface area contributed by atoms with Gasteiger partial charge in [0, 0.05) is 12.2 Å². The second kappa shape index (κ2) is 7.73. The van der Waals surface area contributed by atoms with E-state index < -0.39 is 5.97 Å². The number of carbonyl (C=O) groups is 1. The zero-order valence-corrected chi connectivity index (χ0v) is 14.4. The first-order valence-corrected chi connectivity index (χ1v) is 7.82. The molecule has 128 valence electrons. The van der Waals surface area contributed by atoms with Crippen LogP contribution in [0.3, 0.4) is 0 Å². The van der Waals surface area contributed by atoms with Gasteiger partial charge in [0.15, 0.2) is 11.5 Å². The molecule has 2 N–H and O–H groups in total. The summed E-state index contributed by atoms with van der Waals surface area (Å²) in [5.74, 6) is 0.495. The van der Waals surface area contributed by atoms with E-state index in [4.69, 9.17) is 14.6 Å². The molecule has 0 unspecified atom stereocenters. The van der Waals surface area contributed by atoms with Crippen LogP contribution in [0, 0.1) is 6.92 Å². The molecule has 0 aromatic heterocycles. The first-order valence-electron chi connectivity index (χ1n) is 7.82. The number of methoxy groups -OCH3 is 1. The molecule has 2 aromatic carbocycles. The van der Waals surface area contributed by atoms with Crippen molar-refractivity contribution in [2.75, 3.05) is 12.4 Å². The summed E-state index contributed by atoms with van der Waals surface area (Å²) in [7, 11) is 1.62. The minimum atomic E-state index is -0.921. The summed E-state index contributed by atoms with van der Waals surface area (Å²) in [6.45, 7) is 6.43. The van der Waals surface area contributed by atoms with Crippen molar-refractivity contribution in [3.8, 4) is 11.5 Å². The fraction of sp³-hybridized carbons (Fsp3) is 0.316. The molecule has 0 saturated heterocycles. The number of hydrogen-bond acceptors (Lipinski definition) is 4. The van der Waals surface area contributed by atoms with E-state index >= 15 is 0 Å². The summed E-state index contributed by atoms with van der Waals surface area (Å²) >= 11 is 0. The minimum absolute atomic E-state index is 0.0817. The standard InChI is InChI=1S/C19H23NO4/c1-12(2)24-17-8-5-14(10-18(17)23-4)11-20-16-7-6-15(19(21)22)9-13(16)3/h5-10,12,20H,11H2,1-4H3,(H,21,22). The van der Waals surface area contributed by atoms with Crippen LogP contribution in [0.2, 0.25) is 0 Å². The lowest BCUT2D eigenvalue weighted by atomic mass is 10.1. The molecule has 2 aromatic rings. The summed E-state index contributed by atoms with van der Waals surface area (Å²) in [6.07, 6.45) is 0.0817. The van der Waals surface area contributed by atoms with Crippen LogP contribution in [0.25, 0.3) is 0 Å². The van der Waals surface area contributed by atoms with Gasteiger partial charge >= 0.3 is 5.97 Å². The van der Waals surface area contributed by atoms with Crippen molar-refractivity contribution in [2.45, 2.75) is 33.4 Å². The molecule has 0 aliphatic rings. The molecular formula is C19H23NO4. The molecule has 0 bridgehead atoms. The zero-order valence-electron chi connectivity index (χ0n) is 14.4. The molecule has 0 spiro atoms. The van der Waals surface area contributed by atoms with E-state index in [1.165, 1.54) is 0 Å². The van der Waals surface area contributed by atoms with E-state index in [0.717, 1.165) is 22.6 Å². The molecule has 0 saturated carbocycles. The Morgan fingerprint density at radius 3 is 2.50 bits per heavy atom. The zero-order chi connectivity index (χ0) is 17.7. The average molecular weight is 329 g/mol. The topological polar surface area (TPSA) is 67.8 Å². The van der Waals surface area contributed by atoms with Crippen molar-refractivity contribution in [2.24, 2.45) is 0 Å². The third kappa shape index (κ3) is 4.41. The lowest BCUT2D eigenvalue weighted by molar-refractivity contribution is 0.0697. The van der Waals surface area contributed by atoms with Crippen LogP contribution in [-0.4, -0.2) is 24.3 Å². The summed E-state index contributed by atoms with van der Waals surface area (Å²) in [5.41, 5.74) is 3.13. The van der Waals surface area contributed by atoms with Gasteiger partial charge < -0.3 is 19.9 Å². The van der Waals surface area contributed by atoms with Gasteiger partial charge in [-0.2, -0.15) is 0 Å². The maximum atomic E-state index is 11.0. The van der Waals surface area contributed by atoms with E-state index in [1.807, 2.05) is 39.0 Å². The Morgan fingerprint density at radius 2 is 1.92 bits per heavy atom. The smallest absolute Gasteiger partial charge is 0.335 e. The van der Waals surface area contributed by atoms with Crippen molar-refractivity contribution in [3.63, 3.8) is 0 Å². The number of anilines is 1. The van der Waals surface area contributed by atoms with Crippen molar-refractivity contribution in [3.05, 3.63) is 53.1 Å². The van der Waals surface area contributed by atoms with E-state index in [9.17, 15) is 4.79 Å². The lowest BCUT2D eigenvalue weighted by Gasteiger charge is -2.15. The van der Waals surface area contributed by atoms with Gasteiger partial charge in [0.2, 0.25) is 0 Å². The predicted octanol–water partition coefficient (Wildman–Crippen LogP) is 4.10. The fourth-order valence-electron chi connectivity index (χ4n) is 2.37. The summed E-state index contributed by atoms with van der Waals surface area (Å²) in [5, 5.41) is 12.3. The Kier molecular flexibility index (Phi) is 5.68. The van der Waals surface area contributed by atoms with Crippen LogP contribution in [0.1, 0.15) is 35.3 Å². The quantitative estimate of drug-likeness (QED) is 0.800. The van der Waals surface area contributed by atoms with Crippen LogP contribution in [0.5, 0.6) is 11.5 Å². The first kappa shape index (κ1) is 17.7. The average Bonchev–Trinajstić information content (AvgIpc) is 2.54. The number of ether oxygens (including phenoxy) is 2. The maximum Gasteiger partial charge on any atom is 0.335 e. The molecule has 0 aliphatic heterocycles. The van der Waals surface area contributed by atoms with Crippen molar-refractivity contribution in [1.29, 1.82) is 0 Å². The number of carboxylic acid groups (broad SMARTS) is 1. The molecule has 0 aliphatic carbocycles. The Hall–Kier alpha value is -2.69. The Balaban J connectivity index is 2.10. The lowest BCUT2D eigenvalue weighted by Crippen LogP contribution is -2.07. The van der Waals surface area contributed by atoms with Gasteiger partial charge in [-0.05, 0) is 62.2 Å². The third-order valence-electron chi connectivity index (χ3n) is 3.55. The SMILES string of the molecule is COc1cc(CNc2ccc(C(=O)O)cc2C)ccc1OC(C)C. The molecule has 0 heterocycles. The van der Waals surface area contributed by atoms with Gasteiger partial charge in [0.05, 0.1) is 18.8 Å². The molecule has 24 heavy (non-hydrogen) atoms. The highest BCUT2D eigenvalue weighted by Crippen LogP contribution is 2.29. The molecule has 5 heteroatoms. The molecule has 2 rings (SSSR count). The van der Waals surface area contributed by atoms with Crippen LogP contribution in [0.15, 0.2) is 36.4 Å². The number of benzene rings is 2. The van der Waals surface area contributed by atoms with Crippen LogP contribution < -0.4 is 14.8 Å². The number of rotatable bonds is 7. The highest BCUT2D eigenvalue weighted by atomic mass is 16.5. The van der Waals surface area contributed by atoms with Crippen molar-refractivity contribution >= 4 is 11.7 Å². The second-order valence-electron chi connectivity index (χ2n) is 5.84. The summed E-state index contributed by atoms with van der Waals surface area (Å²) in [6, 6.07) is 10.9. The van der Waals surface area contributed by atoms with Crippen LogP contribution >= 0.6 is 0 Å². The van der Waals surface area contributed by atoms with Gasteiger partial charge in [-0.15, -0.1) is 0 Å². The molecule has 5 nitrogen and oxygen atoms in total. The minimum Gasteiger partial charge on any atom is -0.493 e. The molecule has 0 amide bonds. The molecular weight excluding hydrogens is 306 g/mol. The Morgan fingerprint density at radius 1 is 1.17 bits per heavy atom. The summed E-state index contributed by atoms with van der Waals surface area (Å²) < 4.78 is 11.1. The van der Waals surface area contributed by atoms with Crippen molar-refractivity contribution in [1.82, 2.24) is 0 Å². The van der Waals surface area contributed by atoms with Gasteiger partial charge in [-0.25, -0.2) is 4.79 Å². The van der Waals surface area contributed by atoms with Crippen molar-refractivity contribution < 1.29 is 19.4 Å². The van der Waals surface area contributed by atoms with Crippen LogP contribution in [0.4, 0.5) is 5.69 Å². The fourth-order valence-corrected chi connectivity index (χ4v) is 2.37. The van der Waals surface area contributed by atoms with Crippen LogP contribution in [-0.2, 0) is 6.54 Å². The number of aryl methyl sites for hydroxylation is 1. The first-order chi connectivity index (χ1) is 11.4. The highest BCUT2D eigenvalue weighted by Gasteiger charge is 2.09. The molecule has 0 atom stereocenters. The number of carboxylic acids is 1. The van der Waals surface area contributed by atoms with Gasteiger partial charge in [-0.3, -0.25) is 0 Å². The maximum absolute atomic E-state index is 11.0. The van der Waals surface area contributed by atoms with E-state index in [2.05, 4.69) is 5.32 Å². The Labute approximate surface area is 142 Å². The van der Waals surface area contributed by atoms with E-state index in [1.54, 1.807) is 25.3 Å². The molecule has 0 radical (unpaired) electrons. The molecule has 0 fully saturated rings. The van der Waals surface area contributed by atoms with Gasteiger partial charge in [0.25, 0.3) is 0 Å². The normalized spacial score (nSPS) is 10.5.